The molecule has 0 radical (unpaired) electrons. The first kappa shape index (κ1) is 14.8. The smallest absolute Gasteiger partial charge is 0.105 e. The van der Waals surface area contributed by atoms with E-state index in [1.807, 2.05) is 30.2 Å². The van der Waals surface area contributed by atoms with Crippen molar-refractivity contribution in [2.75, 3.05) is 0 Å². The zero-order valence-corrected chi connectivity index (χ0v) is 12.9. The maximum Gasteiger partial charge on any atom is 0.105 e. The number of aryl methyl sites for hydroxylation is 3. The van der Waals surface area contributed by atoms with Crippen molar-refractivity contribution in [2.24, 2.45) is 0 Å². The van der Waals surface area contributed by atoms with Crippen molar-refractivity contribution in [1.82, 2.24) is 24.6 Å². The van der Waals surface area contributed by atoms with Crippen LogP contribution in [0, 0.1) is 13.8 Å². The fourth-order valence-electron chi connectivity index (χ4n) is 2.34. The van der Waals surface area contributed by atoms with Crippen LogP contribution in [0.5, 0.6) is 0 Å². The van der Waals surface area contributed by atoms with Gasteiger partial charge in [-0.15, -0.1) is 0 Å². The van der Waals surface area contributed by atoms with Gasteiger partial charge >= 0.3 is 0 Å². The second-order valence-electron chi connectivity index (χ2n) is 5.31. The van der Waals surface area contributed by atoms with Gasteiger partial charge < -0.3 is 9.88 Å². The van der Waals surface area contributed by atoms with Gasteiger partial charge in [0.15, 0.2) is 0 Å². The molecule has 2 rings (SSSR count). The second-order valence-corrected chi connectivity index (χ2v) is 5.31. The van der Waals surface area contributed by atoms with Gasteiger partial charge in [-0.25, -0.2) is 4.98 Å². The van der Waals surface area contributed by atoms with E-state index in [4.69, 9.17) is 0 Å². The molecular formula is C15H25N5. The van der Waals surface area contributed by atoms with Gasteiger partial charge in [0, 0.05) is 49.3 Å². The van der Waals surface area contributed by atoms with Gasteiger partial charge in [0.05, 0.1) is 6.20 Å². The molecule has 0 fully saturated rings. The van der Waals surface area contributed by atoms with Crippen molar-refractivity contribution in [3.63, 3.8) is 0 Å². The summed E-state index contributed by atoms with van der Waals surface area (Å²) in [6, 6.07) is 0.473. The molecule has 110 valence electrons. The first-order valence-electron chi connectivity index (χ1n) is 7.34. The molecule has 2 aromatic rings. The van der Waals surface area contributed by atoms with E-state index in [1.54, 1.807) is 0 Å². The minimum atomic E-state index is 0.473. The maximum absolute atomic E-state index is 4.37. The third-order valence-corrected chi connectivity index (χ3v) is 3.87. The van der Waals surface area contributed by atoms with Crippen LogP contribution in [0.4, 0.5) is 0 Å². The van der Waals surface area contributed by atoms with Crippen molar-refractivity contribution in [3.8, 4) is 0 Å². The third kappa shape index (κ3) is 3.48. The Bertz CT molecular complexity index is 540. The summed E-state index contributed by atoms with van der Waals surface area (Å²) in [4.78, 5) is 4.24. The molecule has 1 N–H and O–H groups in total. The Balaban J connectivity index is 1.78. The lowest BCUT2D eigenvalue weighted by Gasteiger charge is -2.14. The van der Waals surface area contributed by atoms with E-state index in [1.165, 1.54) is 11.3 Å². The van der Waals surface area contributed by atoms with Crippen molar-refractivity contribution >= 4 is 0 Å². The molecule has 0 saturated carbocycles. The average molecular weight is 275 g/mol. The standard InChI is InChI=1S/C15H25N5/c1-5-20-13(3)15(11-18-20)10-17-12(2)6-8-19-9-7-16-14(19)4/h7,9,11-12,17H,5-6,8,10H2,1-4H3/t12-/m0/s1. The summed E-state index contributed by atoms with van der Waals surface area (Å²) < 4.78 is 4.23. The minimum absolute atomic E-state index is 0.473. The molecule has 20 heavy (non-hydrogen) atoms. The van der Waals surface area contributed by atoms with Crippen molar-refractivity contribution in [2.45, 2.75) is 59.8 Å². The molecule has 0 aliphatic carbocycles. The van der Waals surface area contributed by atoms with Crippen LogP contribution in [0.3, 0.4) is 0 Å². The first-order chi connectivity index (χ1) is 9.61. The Kier molecular flexibility index (Phi) is 4.95. The highest BCUT2D eigenvalue weighted by molar-refractivity contribution is 5.15. The Morgan fingerprint density at radius 1 is 1.35 bits per heavy atom. The molecule has 5 heteroatoms. The van der Waals surface area contributed by atoms with Crippen LogP contribution in [0.2, 0.25) is 0 Å². The van der Waals surface area contributed by atoms with Crippen molar-refractivity contribution < 1.29 is 0 Å². The van der Waals surface area contributed by atoms with Crippen LogP contribution in [0.15, 0.2) is 18.6 Å². The summed E-state index contributed by atoms with van der Waals surface area (Å²) in [7, 11) is 0. The lowest BCUT2D eigenvalue weighted by molar-refractivity contribution is 0.471. The molecule has 2 heterocycles. The van der Waals surface area contributed by atoms with E-state index < -0.39 is 0 Å². The van der Waals surface area contributed by atoms with E-state index >= 15 is 0 Å². The molecule has 0 bridgehead atoms. The van der Waals surface area contributed by atoms with Gasteiger partial charge in [-0.05, 0) is 34.1 Å². The van der Waals surface area contributed by atoms with Crippen molar-refractivity contribution in [1.29, 1.82) is 0 Å². The van der Waals surface area contributed by atoms with Gasteiger partial charge in [0.1, 0.15) is 5.82 Å². The number of aromatic nitrogens is 4. The lowest BCUT2D eigenvalue weighted by Crippen LogP contribution is -2.27. The molecule has 0 amide bonds. The Morgan fingerprint density at radius 2 is 2.15 bits per heavy atom. The van der Waals surface area contributed by atoms with E-state index in [-0.39, 0.29) is 0 Å². The topological polar surface area (TPSA) is 47.7 Å². The largest absolute Gasteiger partial charge is 0.335 e. The van der Waals surface area contributed by atoms with Crippen LogP contribution in [-0.2, 0) is 19.6 Å². The Hall–Kier alpha value is -1.62. The first-order valence-corrected chi connectivity index (χ1v) is 7.34. The molecule has 0 spiro atoms. The molecule has 0 aromatic carbocycles. The van der Waals surface area contributed by atoms with Crippen LogP contribution in [0.25, 0.3) is 0 Å². The predicted octanol–water partition coefficient (Wildman–Crippen LogP) is 2.28. The summed E-state index contributed by atoms with van der Waals surface area (Å²) in [5.74, 6) is 1.08. The van der Waals surface area contributed by atoms with E-state index in [9.17, 15) is 0 Å². The number of nitrogens with zero attached hydrogens (tertiary/aromatic N) is 4. The van der Waals surface area contributed by atoms with Crippen LogP contribution < -0.4 is 5.32 Å². The number of rotatable bonds is 7. The predicted molar refractivity (Wildman–Crippen MR) is 80.5 cm³/mol. The van der Waals surface area contributed by atoms with E-state index in [0.717, 1.165) is 31.9 Å². The highest BCUT2D eigenvalue weighted by Crippen LogP contribution is 2.08. The molecular weight excluding hydrogens is 250 g/mol. The van der Waals surface area contributed by atoms with Crippen molar-refractivity contribution in [3.05, 3.63) is 35.7 Å². The van der Waals surface area contributed by atoms with E-state index in [2.05, 4.69) is 40.7 Å². The van der Waals surface area contributed by atoms with Gasteiger partial charge in [0.25, 0.3) is 0 Å². The van der Waals surface area contributed by atoms with Gasteiger partial charge in [0.2, 0.25) is 0 Å². The number of hydrogen-bond acceptors (Lipinski definition) is 3. The normalized spacial score (nSPS) is 12.8. The number of imidazole rings is 1. The van der Waals surface area contributed by atoms with Gasteiger partial charge in [-0.1, -0.05) is 0 Å². The molecule has 0 unspecified atom stereocenters. The fraction of sp³-hybridized carbons (Fsp3) is 0.600. The highest BCUT2D eigenvalue weighted by atomic mass is 15.3. The molecule has 1 atom stereocenters. The highest BCUT2D eigenvalue weighted by Gasteiger charge is 2.07. The zero-order chi connectivity index (χ0) is 14.5. The Labute approximate surface area is 121 Å². The van der Waals surface area contributed by atoms with E-state index in [0.29, 0.717) is 6.04 Å². The fourth-order valence-corrected chi connectivity index (χ4v) is 2.34. The quantitative estimate of drug-likeness (QED) is 0.843. The lowest BCUT2D eigenvalue weighted by atomic mass is 10.2. The Morgan fingerprint density at radius 3 is 2.75 bits per heavy atom. The van der Waals surface area contributed by atoms with Crippen LogP contribution in [0.1, 0.15) is 37.4 Å². The second kappa shape index (κ2) is 6.70. The van der Waals surface area contributed by atoms with Gasteiger partial charge in [-0.2, -0.15) is 5.10 Å². The van der Waals surface area contributed by atoms with Crippen LogP contribution >= 0.6 is 0 Å². The molecule has 2 aromatic heterocycles. The summed E-state index contributed by atoms with van der Waals surface area (Å²) in [6.07, 6.45) is 6.96. The van der Waals surface area contributed by atoms with Crippen LogP contribution in [-0.4, -0.2) is 25.4 Å². The summed E-state index contributed by atoms with van der Waals surface area (Å²) in [5, 5.41) is 7.95. The SMILES string of the molecule is CCn1ncc(CN[C@@H](C)CCn2ccnc2C)c1C. The number of hydrogen-bond donors (Lipinski definition) is 1. The summed E-state index contributed by atoms with van der Waals surface area (Å²) in [6.45, 7) is 11.3. The molecule has 0 aliphatic rings. The molecule has 0 saturated heterocycles. The summed E-state index contributed by atoms with van der Waals surface area (Å²) in [5.41, 5.74) is 2.55. The molecule has 5 nitrogen and oxygen atoms in total. The molecule has 0 aliphatic heterocycles. The monoisotopic (exact) mass is 275 g/mol. The third-order valence-electron chi connectivity index (χ3n) is 3.87. The minimum Gasteiger partial charge on any atom is -0.335 e. The summed E-state index contributed by atoms with van der Waals surface area (Å²) >= 11 is 0. The zero-order valence-electron chi connectivity index (χ0n) is 12.9. The van der Waals surface area contributed by atoms with Gasteiger partial charge in [-0.3, -0.25) is 4.68 Å². The number of nitrogens with one attached hydrogen (secondary N) is 1. The average Bonchev–Trinajstić information content (AvgIpc) is 3.00. The maximum atomic E-state index is 4.37.